The van der Waals surface area contributed by atoms with Gasteiger partial charge >= 0.3 is 0 Å². The van der Waals surface area contributed by atoms with E-state index in [0.29, 0.717) is 34.4 Å². The zero-order chi connectivity index (χ0) is 24.4. The molecule has 178 valence electrons. The minimum Gasteiger partial charge on any atom is -0.350 e. The van der Waals surface area contributed by atoms with Crippen molar-refractivity contribution in [3.63, 3.8) is 0 Å². The van der Waals surface area contributed by atoms with Crippen LogP contribution >= 0.6 is 11.6 Å². The van der Waals surface area contributed by atoms with Gasteiger partial charge in [-0.05, 0) is 72.0 Å². The maximum atomic E-state index is 13.2. The first kappa shape index (κ1) is 23.9. The second kappa shape index (κ2) is 9.93. The maximum absolute atomic E-state index is 13.2. The Kier molecular flexibility index (Phi) is 6.97. The number of tetrazole rings is 1. The highest BCUT2D eigenvalue weighted by molar-refractivity contribution is 6.33. The van der Waals surface area contributed by atoms with Gasteiger partial charge in [0.15, 0.2) is 5.82 Å². The molecule has 0 saturated carbocycles. The molecule has 0 aliphatic carbocycles. The second-order valence-electron chi connectivity index (χ2n) is 9.01. The van der Waals surface area contributed by atoms with Crippen molar-refractivity contribution >= 4 is 23.4 Å². The number of likely N-dealkylation sites (tertiary alicyclic amines) is 1. The molecule has 1 atom stereocenters. The van der Waals surface area contributed by atoms with Gasteiger partial charge in [-0.15, -0.1) is 5.10 Å². The third-order valence-electron chi connectivity index (χ3n) is 6.18. The molecule has 0 spiro atoms. The van der Waals surface area contributed by atoms with Gasteiger partial charge in [0.1, 0.15) is 0 Å². The fourth-order valence-corrected chi connectivity index (χ4v) is 4.69. The third kappa shape index (κ3) is 5.12. The normalized spacial score (nSPS) is 14.6. The predicted octanol–water partition coefficient (Wildman–Crippen LogP) is 3.84. The number of halogens is 1. The van der Waals surface area contributed by atoms with Gasteiger partial charge in [-0.3, -0.25) is 9.59 Å². The van der Waals surface area contributed by atoms with E-state index in [1.54, 1.807) is 17.7 Å². The maximum Gasteiger partial charge on any atom is 0.251 e. The molecular formula is C25H29ClN6O2. The lowest BCUT2D eigenvalue weighted by molar-refractivity contribution is -0.135. The van der Waals surface area contributed by atoms with E-state index in [2.05, 4.69) is 20.8 Å². The third-order valence-corrected chi connectivity index (χ3v) is 6.49. The Morgan fingerprint density at radius 1 is 1.21 bits per heavy atom. The molecule has 1 unspecified atom stereocenters. The zero-order valence-electron chi connectivity index (χ0n) is 19.9. The molecule has 3 aromatic rings. The molecular weight excluding hydrogens is 452 g/mol. The monoisotopic (exact) mass is 480 g/mol. The molecule has 2 heterocycles. The fraction of sp³-hybridized carbons (Fsp3) is 0.400. The number of hydrogen-bond acceptors (Lipinski definition) is 5. The van der Waals surface area contributed by atoms with E-state index in [9.17, 15) is 9.59 Å². The smallest absolute Gasteiger partial charge is 0.251 e. The van der Waals surface area contributed by atoms with Crippen molar-refractivity contribution in [3.05, 3.63) is 58.4 Å². The average molecular weight is 481 g/mol. The van der Waals surface area contributed by atoms with E-state index in [1.165, 1.54) is 0 Å². The van der Waals surface area contributed by atoms with E-state index in [1.807, 2.05) is 56.0 Å². The number of aromatic nitrogens is 4. The van der Waals surface area contributed by atoms with Crippen molar-refractivity contribution in [2.45, 2.75) is 46.6 Å². The van der Waals surface area contributed by atoms with Crippen LogP contribution in [0.2, 0.25) is 5.02 Å². The van der Waals surface area contributed by atoms with Gasteiger partial charge in [0.05, 0.1) is 5.69 Å². The van der Waals surface area contributed by atoms with Crippen LogP contribution in [0.25, 0.3) is 16.8 Å². The quantitative estimate of drug-likeness (QED) is 0.554. The molecule has 1 aromatic heterocycles. The summed E-state index contributed by atoms with van der Waals surface area (Å²) in [5.74, 6) is 1.03. The highest BCUT2D eigenvalue weighted by Gasteiger charge is 2.30. The van der Waals surface area contributed by atoms with Gasteiger partial charge in [-0.2, -0.15) is 4.68 Å². The molecule has 1 aliphatic rings. The van der Waals surface area contributed by atoms with Crippen LogP contribution in [0.4, 0.5) is 0 Å². The second-order valence-corrected chi connectivity index (χ2v) is 9.42. The first-order valence-corrected chi connectivity index (χ1v) is 11.9. The Labute approximate surface area is 204 Å². The lowest BCUT2D eigenvalue weighted by Crippen LogP contribution is -2.51. The number of benzene rings is 2. The van der Waals surface area contributed by atoms with Crippen molar-refractivity contribution in [2.75, 3.05) is 13.1 Å². The van der Waals surface area contributed by atoms with Crippen LogP contribution in [0.1, 0.15) is 48.9 Å². The Bertz CT molecular complexity index is 1220. The van der Waals surface area contributed by atoms with Crippen molar-refractivity contribution in [2.24, 2.45) is 5.92 Å². The van der Waals surface area contributed by atoms with E-state index in [-0.39, 0.29) is 17.9 Å². The Balaban J connectivity index is 1.61. The van der Waals surface area contributed by atoms with Gasteiger partial charge in [-0.25, -0.2) is 0 Å². The molecule has 2 aromatic carbocycles. The fourth-order valence-electron chi connectivity index (χ4n) is 4.34. The number of nitrogens with one attached hydrogen (secondary N) is 1. The van der Waals surface area contributed by atoms with Gasteiger partial charge < -0.3 is 10.2 Å². The summed E-state index contributed by atoms with van der Waals surface area (Å²) in [6.45, 7) is 9.04. The number of carbonyl (C=O) groups is 2. The summed E-state index contributed by atoms with van der Waals surface area (Å²) in [5, 5.41) is 15.7. The minimum absolute atomic E-state index is 0.0269. The van der Waals surface area contributed by atoms with E-state index in [0.717, 1.165) is 36.2 Å². The summed E-state index contributed by atoms with van der Waals surface area (Å²) in [6, 6.07) is 11.4. The number of carbonyl (C=O) groups excluding carboxylic acids is 2. The van der Waals surface area contributed by atoms with Crippen LogP contribution in [-0.4, -0.2) is 56.1 Å². The molecule has 8 nitrogen and oxygen atoms in total. The summed E-state index contributed by atoms with van der Waals surface area (Å²) in [6.07, 6.45) is 1.47. The van der Waals surface area contributed by atoms with Gasteiger partial charge in [0.2, 0.25) is 5.91 Å². The van der Waals surface area contributed by atoms with Crippen LogP contribution in [0.15, 0.2) is 36.4 Å². The SMILES string of the molecule is CCc1nnnn1-c1cc(C(=O)NC(C)CC2CN(C(C)=O)C2)cc(-c2ccc(C)cc2Cl)c1. The first-order chi connectivity index (χ1) is 16.2. The Morgan fingerprint density at radius 2 is 1.97 bits per heavy atom. The van der Waals surface area contributed by atoms with Gasteiger partial charge in [-0.1, -0.05) is 30.7 Å². The molecule has 1 fully saturated rings. The molecule has 1 saturated heterocycles. The van der Waals surface area contributed by atoms with Crippen LogP contribution in [0, 0.1) is 12.8 Å². The summed E-state index contributed by atoms with van der Waals surface area (Å²) >= 11 is 6.55. The van der Waals surface area contributed by atoms with E-state index < -0.39 is 0 Å². The highest BCUT2D eigenvalue weighted by Crippen LogP contribution is 2.31. The van der Waals surface area contributed by atoms with Gasteiger partial charge in [0, 0.05) is 48.6 Å². The van der Waals surface area contributed by atoms with Crippen molar-refractivity contribution in [1.82, 2.24) is 30.4 Å². The van der Waals surface area contributed by atoms with Crippen molar-refractivity contribution in [3.8, 4) is 16.8 Å². The average Bonchev–Trinajstić information content (AvgIpc) is 3.24. The summed E-state index contributed by atoms with van der Waals surface area (Å²) < 4.78 is 1.65. The predicted molar refractivity (Wildman–Crippen MR) is 131 cm³/mol. The van der Waals surface area contributed by atoms with Crippen LogP contribution < -0.4 is 5.32 Å². The number of rotatable bonds is 7. The Hall–Kier alpha value is -3.26. The van der Waals surface area contributed by atoms with E-state index >= 15 is 0 Å². The van der Waals surface area contributed by atoms with Crippen molar-refractivity contribution < 1.29 is 9.59 Å². The minimum atomic E-state index is -0.173. The molecule has 1 N–H and O–H groups in total. The standard InChI is InChI=1S/C25H29ClN6O2/c1-5-24-28-29-30-32(24)21-11-19(22-7-6-15(2)8-23(22)26)10-20(12-21)25(34)27-16(3)9-18-13-31(14-18)17(4)33/h6-8,10-12,16,18H,5,9,13-14H2,1-4H3,(H,27,34). The molecule has 0 bridgehead atoms. The summed E-state index contributed by atoms with van der Waals surface area (Å²) in [4.78, 5) is 26.5. The van der Waals surface area contributed by atoms with Crippen LogP contribution in [-0.2, 0) is 11.2 Å². The molecule has 4 rings (SSSR count). The zero-order valence-corrected chi connectivity index (χ0v) is 20.6. The first-order valence-electron chi connectivity index (χ1n) is 11.5. The molecule has 2 amide bonds. The van der Waals surface area contributed by atoms with Crippen LogP contribution in [0.5, 0.6) is 0 Å². The summed E-state index contributed by atoms with van der Waals surface area (Å²) in [7, 11) is 0. The summed E-state index contributed by atoms with van der Waals surface area (Å²) in [5.41, 5.74) is 3.91. The lowest BCUT2D eigenvalue weighted by atomic mass is 9.92. The van der Waals surface area contributed by atoms with E-state index in [4.69, 9.17) is 11.6 Å². The number of hydrogen-bond donors (Lipinski definition) is 1. The highest BCUT2D eigenvalue weighted by atomic mass is 35.5. The largest absolute Gasteiger partial charge is 0.350 e. The molecule has 34 heavy (non-hydrogen) atoms. The Morgan fingerprint density at radius 3 is 2.65 bits per heavy atom. The topological polar surface area (TPSA) is 93.0 Å². The molecule has 0 radical (unpaired) electrons. The number of amides is 2. The lowest BCUT2D eigenvalue weighted by Gasteiger charge is -2.40. The van der Waals surface area contributed by atoms with Crippen LogP contribution in [0.3, 0.4) is 0 Å². The molecule has 1 aliphatic heterocycles. The van der Waals surface area contributed by atoms with Crippen molar-refractivity contribution in [1.29, 1.82) is 0 Å². The molecule has 9 heteroatoms. The number of aryl methyl sites for hydroxylation is 2. The number of nitrogens with zero attached hydrogens (tertiary/aromatic N) is 5. The van der Waals surface area contributed by atoms with Gasteiger partial charge in [0.25, 0.3) is 5.91 Å².